The van der Waals surface area contributed by atoms with Crippen LogP contribution in [0.25, 0.3) is 10.9 Å². The standard InChI is InChI=1S/C16H15ClN2O/c1-19-12(9-14-15(18)6-3-7-16(14)19)10-20-13-5-2-4-11(17)8-13/h2-9H,10,18H2,1H3. The van der Waals surface area contributed by atoms with E-state index >= 15 is 0 Å². The molecule has 3 aromatic rings. The summed E-state index contributed by atoms with van der Waals surface area (Å²) in [4.78, 5) is 0. The lowest BCUT2D eigenvalue weighted by Gasteiger charge is -2.07. The molecule has 0 aliphatic rings. The molecular formula is C16H15ClN2O. The topological polar surface area (TPSA) is 40.2 Å². The summed E-state index contributed by atoms with van der Waals surface area (Å²) in [7, 11) is 2.01. The van der Waals surface area contributed by atoms with E-state index in [4.69, 9.17) is 22.1 Å². The van der Waals surface area contributed by atoms with E-state index in [1.54, 1.807) is 6.07 Å². The highest BCUT2D eigenvalue weighted by Crippen LogP contribution is 2.25. The second kappa shape index (κ2) is 5.10. The van der Waals surface area contributed by atoms with Crippen molar-refractivity contribution >= 4 is 28.2 Å². The van der Waals surface area contributed by atoms with Gasteiger partial charge in [-0.2, -0.15) is 0 Å². The molecule has 0 spiro atoms. The molecule has 0 fully saturated rings. The Morgan fingerprint density at radius 1 is 1.15 bits per heavy atom. The Labute approximate surface area is 122 Å². The maximum Gasteiger partial charge on any atom is 0.128 e. The van der Waals surface area contributed by atoms with Gasteiger partial charge in [-0.05, 0) is 36.4 Å². The number of nitrogens with zero attached hydrogens (tertiary/aromatic N) is 1. The number of aromatic nitrogens is 1. The molecule has 3 nitrogen and oxygen atoms in total. The normalized spacial score (nSPS) is 10.9. The first-order valence-electron chi connectivity index (χ1n) is 6.36. The monoisotopic (exact) mass is 286 g/mol. The van der Waals surface area contributed by atoms with Gasteiger partial charge in [-0.15, -0.1) is 0 Å². The summed E-state index contributed by atoms with van der Waals surface area (Å²) < 4.78 is 7.87. The van der Waals surface area contributed by atoms with E-state index in [1.165, 1.54) is 0 Å². The fourth-order valence-electron chi connectivity index (χ4n) is 2.29. The summed E-state index contributed by atoms with van der Waals surface area (Å²) in [5, 5.41) is 1.73. The van der Waals surface area contributed by atoms with Gasteiger partial charge >= 0.3 is 0 Å². The largest absolute Gasteiger partial charge is 0.487 e. The first kappa shape index (κ1) is 12.9. The Hall–Kier alpha value is -2.13. The van der Waals surface area contributed by atoms with Crippen molar-refractivity contribution in [1.29, 1.82) is 0 Å². The van der Waals surface area contributed by atoms with Gasteiger partial charge in [0.1, 0.15) is 12.4 Å². The van der Waals surface area contributed by atoms with E-state index in [2.05, 4.69) is 16.7 Å². The molecule has 0 bridgehead atoms. The van der Waals surface area contributed by atoms with Crippen molar-refractivity contribution in [2.24, 2.45) is 7.05 Å². The number of hydrogen-bond acceptors (Lipinski definition) is 2. The number of benzene rings is 2. The van der Waals surface area contributed by atoms with Gasteiger partial charge in [0.15, 0.2) is 0 Å². The zero-order valence-electron chi connectivity index (χ0n) is 11.1. The number of ether oxygens (including phenoxy) is 1. The maximum absolute atomic E-state index is 5.99. The predicted octanol–water partition coefficient (Wildman–Crippen LogP) is 3.99. The molecule has 3 rings (SSSR count). The molecule has 2 aromatic carbocycles. The summed E-state index contributed by atoms with van der Waals surface area (Å²) in [6.45, 7) is 0.477. The second-order valence-electron chi connectivity index (χ2n) is 4.72. The summed E-state index contributed by atoms with van der Waals surface area (Å²) >= 11 is 5.94. The van der Waals surface area contributed by atoms with Gasteiger partial charge in [0.2, 0.25) is 0 Å². The highest BCUT2D eigenvalue weighted by atomic mass is 35.5. The summed E-state index contributed by atoms with van der Waals surface area (Å²) in [6.07, 6.45) is 0. The summed E-state index contributed by atoms with van der Waals surface area (Å²) in [5.41, 5.74) is 8.95. The van der Waals surface area contributed by atoms with Crippen molar-refractivity contribution in [2.45, 2.75) is 6.61 Å². The van der Waals surface area contributed by atoms with Crippen LogP contribution < -0.4 is 10.5 Å². The zero-order chi connectivity index (χ0) is 14.1. The quantitative estimate of drug-likeness (QED) is 0.740. The van der Waals surface area contributed by atoms with Crippen LogP contribution in [0.5, 0.6) is 5.75 Å². The minimum Gasteiger partial charge on any atom is -0.487 e. The van der Waals surface area contributed by atoms with Gasteiger partial charge in [-0.1, -0.05) is 23.7 Å². The predicted molar refractivity (Wildman–Crippen MR) is 83.1 cm³/mol. The average Bonchev–Trinajstić information content (AvgIpc) is 2.75. The Kier molecular flexibility index (Phi) is 3.28. The SMILES string of the molecule is Cn1c(COc2cccc(Cl)c2)cc2c(N)cccc21. The number of nitrogens with two attached hydrogens (primary N) is 1. The Bertz CT molecular complexity index is 764. The van der Waals surface area contributed by atoms with Crippen LogP contribution in [0.4, 0.5) is 5.69 Å². The van der Waals surface area contributed by atoms with Gasteiger partial charge in [0.25, 0.3) is 0 Å². The number of nitrogen functional groups attached to an aromatic ring is 1. The Morgan fingerprint density at radius 2 is 1.95 bits per heavy atom. The maximum atomic E-state index is 5.99. The molecule has 1 aromatic heterocycles. The fourth-order valence-corrected chi connectivity index (χ4v) is 2.47. The van der Waals surface area contributed by atoms with Gasteiger partial charge in [0, 0.05) is 23.1 Å². The number of halogens is 1. The third-order valence-corrected chi connectivity index (χ3v) is 3.64. The molecule has 0 saturated heterocycles. The lowest BCUT2D eigenvalue weighted by Crippen LogP contribution is -2.01. The first-order chi connectivity index (χ1) is 9.65. The number of fused-ring (bicyclic) bond motifs is 1. The Morgan fingerprint density at radius 3 is 2.70 bits per heavy atom. The molecule has 0 radical (unpaired) electrons. The van der Waals surface area contributed by atoms with Crippen LogP contribution in [0.2, 0.25) is 5.02 Å². The number of hydrogen-bond donors (Lipinski definition) is 1. The Balaban J connectivity index is 1.88. The van der Waals surface area contributed by atoms with Crippen LogP contribution in [0.1, 0.15) is 5.69 Å². The van der Waals surface area contributed by atoms with E-state index in [-0.39, 0.29) is 0 Å². The third-order valence-electron chi connectivity index (χ3n) is 3.40. The lowest BCUT2D eigenvalue weighted by molar-refractivity contribution is 0.298. The molecule has 102 valence electrons. The van der Waals surface area contributed by atoms with Crippen molar-refractivity contribution in [3.63, 3.8) is 0 Å². The molecule has 4 heteroatoms. The molecule has 2 N–H and O–H groups in total. The van der Waals surface area contributed by atoms with Crippen molar-refractivity contribution in [2.75, 3.05) is 5.73 Å². The summed E-state index contributed by atoms with van der Waals surface area (Å²) in [6, 6.07) is 15.4. The molecule has 0 amide bonds. The van der Waals surface area contributed by atoms with Crippen LogP contribution >= 0.6 is 11.6 Å². The highest BCUT2D eigenvalue weighted by Gasteiger charge is 2.08. The van der Waals surface area contributed by atoms with Gasteiger partial charge in [-0.25, -0.2) is 0 Å². The van der Waals surface area contributed by atoms with Crippen molar-refractivity contribution in [3.8, 4) is 5.75 Å². The number of rotatable bonds is 3. The molecule has 1 heterocycles. The molecule has 0 aliphatic heterocycles. The van der Waals surface area contributed by atoms with Gasteiger partial charge < -0.3 is 15.0 Å². The van der Waals surface area contributed by atoms with Crippen LogP contribution in [0.15, 0.2) is 48.5 Å². The first-order valence-corrected chi connectivity index (χ1v) is 6.74. The second-order valence-corrected chi connectivity index (χ2v) is 5.16. The van der Waals surface area contributed by atoms with Crippen molar-refractivity contribution < 1.29 is 4.74 Å². The molecule has 0 aliphatic carbocycles. The van der Waals surface area contributed by atoms with E-state index < -0.39 is 0 Å². The van der Waals surface area contributed by atoms with Crippen LogP contribution in [-0.2, 0) is 13.7 Å². The summed E-state index contributed by atoms with van der Waals surface area (Å²) in [5.74, 6) is 0.760. The smallest absolute Gasteiger partial charge is 0.128 e. The fraction of sp³-hybridized carbons (Fsp3) is 0.125. The molecular weight excluding hydrogens is 272 g/mol. The number of anilines is 1. The molecule has 0 unspecified atom stereocenters. The van der Waals surface area contributed by atoms with E-state index in [0.717, 1.165) is 28.0 Å². The lowest BCUT2D eigenvalue weighted by atomic mass is 10.2. The van der Waals surface area contributed by atoms with Gasteiger partial charge in [0.05, 0.1) is 11.2 Å². The average molecular weight is 287 g/mol. The number of aryl methyl sites for hydroxylation is 1. The van der Waals surface area contributed by atoms with Crippen molar-refractivity contribution in [1.82, 2.24) is 4.57 Å². The zero-order valence-corrected chi connectivity index (χ0v) is 11.9. The van der Waals surface area contributed by atoms with E-state index in [0.29, 0.717) is 11.6 Å². The van der Waals surface area contributed by atoms with Crippen LogP contribution in [0, 0.1) is 0 Å². The van der Waals surface area contributed by atoms with Crippen LogP contribution in [0.3, 0.4) is 0 Å². The van der Waals surface area contributed by atoms with Gasteiger partial charge in [-0.3, -0.25) is 0 Å². The minimum atomic E-state index is 0.477. The van der Waals surface area contributed by atoms with E-state index in [9.17, 15) is 0 Å². The molecule has 0 saturated carbocycles. The van der Waals surface area contributed by atoms with Crippen molar-refractivity contribution in [3.05, 3.63) is 59.2 Å². The van der Waals surface area contributed by atoms with E-state index in [1.807, 2.05) is 37.4 Å². The minimum absolute atomic E-state index is 0.477. The molecule has 20 heavy (non-hydrogen) atoms. The molecule has 0 atom stereocenters. The van der Waals surface area contributed by atoms with Crippen LogP contribution in [-0.4, -0.2) is 4.57 Å². The third kappa shape index (κ3) is 2.32. The highest BCUT2D eigenvalue weighted by molar-refractivity contribution is 6.30.